The summed E-state index contributed by atoms with van der Waals surface area (Å²) >= 11 is 0. The zero-order valence-electron chi connectivity index (χ0n) is 18.4. The maximum Gasteiger partial charge on any atom is 0.273 e. The Kier molecular flexibility index (Phi) is 7.68. The summed E-state index contributed by atoms with van der Waals surface area (Å²) < 4.78 is 12.6. The van der Waals surface area contributed by atoms with Gasteiger partial charge < -0.3 is 20.1 Å². The number of aromatic nitrogens is 3. The molecule has 0 spiro atoms. The van der Waals surface area contributed by atoms with Crippen LogP contribution in [0.15, 0.2) is 24.4 Å². The Hall–Kier alpha value is -2.61. The third-order valence-corrected chi connectivity index (χ3v) is 5.56. The molecule has 8 nitrogen and oxygen atoms in total. The van der Waals surface area contributed by atoms with Crippen LogP contribution < -0.4 is 20.1 Å². The first-order valence-electron chi connectivity index (χ1n) is 10.6. The molecule has 0 bridgehead atoms. The van der Waals surface area contributed by atoms with E-state index in [9.17, 15) is 4.79 Å². The van der Waals surface area contributed by atoms with E-state index in [4.69, 9.17) is 9.47 Å². The smallest absolute Gasteiger partial charge is 0.273 e. The Labute approximate surface area is 178 Å². The van der Waals surface area contributed by atoms with Crippen LogP contribution in [0.3, 0.4) is 0 Å². The second-order valence-corrected chi connectivity index (χ2v) is 8.25. The van der Waals surface area contributed by atoms with E-state index in [0.717, 1.165) is 49.3 Å². The molecule has 1 heterocycles. The Bertz CT molecular complexity index is 828. The Balaban J connectivity index is 1.48. The van der Waals surface area contributed by atoms with Gasteiger partial charge in [-0.15, -0.1) is 5.10 Å². The van der Waals surface area contributed by atoms with Gasteiger partial charge in [-0.1, -0.05) is 25.1 Å². The summed E-state index contributed by atoms with van der Waals surface area (Å²) in [6.45, 7) is 5.52. The highest BCUT2D eigenvalue weighted by Crippen LogP contribution is 2.29. The van der Waals surface area contributed by atoms with Crippen LogP contribution in [0.1, 0.15) is 61.6 Å². The van der Waals surface area contributed by atoms with Crippen molar-refractivity contribution >= 4 is 5.91 Å². The molecule has 1 amide bonds. The van der Waals surface area contributed by atoms with Crippen molar-refractivity contribution in [3.63, 3.8) is 0 Å². The van der Waals surface area contributed by atoms with E-state index >= 15 is 0 Å². The fraction of sp³-hybridized carbons (Fsp3) is 0.591. The molecular formula is C22H33N5O3. The number of ether oxygens (including phenoxy) is 2. The Morgan fingerprint density at radius 3 is 2.63 bits per heavy atom. The van der Waals surface area contributed by atoms with Crippen molar-refractivity contribution < 1.29 is 14.3 Å². The van der Waals surface area contributed by atoms with E-state index in [1.807, 2.05) is 22.9 Å². The van der Waals surface area contributed by atoms with Gasteiger partial charge in [-0.05, 0) is 37.7 Å². The first-order chi connectivity index (χ1) is 14.5. The SMILES string of the molecule is COc1ccc(CNC2CCC(n3cc(C(=O)NCC(C)C)nn3)CC2)c(OC)c1. The monoisotopic (exact) mass is 415 g/mol. The minimum absolute atomic E-state index is 0.154. The molecule has 2 N–H and O–H groups in total. The normalized spacial score (nSPS) is 19.0. The van der Waals surface area contributed by atoms with Crippen LogP contribution in [-0.2, 0) is 6.54 Å². The van der Waals surface area contributed by atoms with Crippen molar-refractivity contribution in [3.8, 4) is 11.5 Å². The van der Waals surface area contributed by atoms with Gasteiger partial charge >= 0.3 is 0 Å². The lowest BCUT2D eigenvalue weighted by Crippen LogP contribution is -2.33. The lowest BCUT2D eigenvalue weighted by molar-refractivity contribution is 0.0944. The average Bonchev–Trinajstić information content (AvgIpc) is 3.26. The first kappa shape index (κ1) is 22.1. The Morgan fingerprint density at radius 2 is 1.97 bits per heavy atom. The quantitative estimate of drug-likeness (QED) is 0.654. The number of hydrogen-bond donors (Lipinski definition) is 2. The van der Waals surface area contributed by atoms with Gasteiger partial charge in [0.2, 0.25) is 0 Å². The molecule has 1 aliphatic carbocycles. The first-order valence-corrected chi connectivity index (χ1v) is 10.6. The standard InChI is InChI=1S/C22H33N5O3/c1-15(2)12-24-22(28)20-14-27(26-25-20)18-8-6-17(7-9-18)23-13-16-5-10-19(29-3)11-21(16)30-4/h5,10-11,14-15,17-18,23H,6-9,12-13H2,1-4H3,(H,24,28). The Morgan fingerprint density at radius 1 is 1.20 bits per heavy atom. The van der Waals surface area contributed by atoms with Gasteiger partial charge in [0.15, 0.2) is 5.69 Å². The largest absolute Gasteiger partial charge is 0.497 e. The topological polar surface area (TPSA) is 90.3 Å². The highest BCUT2D eigenvalue weighted by Gasteiger charge is 2.24. The van der Waals surface area contributed by atoms with Crippen molar-refractivity contribution in [2.75, 3.05) is 20.8 Å². The van der Waals surface area contributed by atoms with Crippen LogP contribution in [-0.4, -0.2) is 47.7 Å². The second kappa shape index (κ2) is 10.4. The highest BCUT2D eigenvalue weighted by molar-refractivity contribution is 5.91. The fourth-order valence-electron chi connectivity index (χ4n) is 3.74. The van der Waals surface area contributed by atoms with Crippen LogP contribution in [0.5, 0.6) is 11.5 Å². The summed E-state index contributed by atoms with van der Waals surface area (Å²) in [4.78, 5) is 12.2. The molecule has 2 aromatic rings. The lowest BCUT2D eigenvalue weighted by atomic mass is 9.91. The van der Waals surface area contributed by atoms with E-state index in [0.29, 0.717) is 24.2 Å². The molecule has 1 aromatic heterocycles. The summed E-state index contributed by atoms with van der Waals surface area (Å²) in [5.41, 5.74) is 1.51. The predicted molar refractivity (Wildman–Crippen MR) is 115 cm³/mol. The molecule has 1 aliphatic rings. The zero-order valence-corrected chi connectivity index (χ0v) is 18.4. The number of nitrogens with zero attached hydrogens (tertiary/aromatic N) is 3. The van der Waals surface area contributed by atoms with E-state index in [2.05, 4.69) is 34.8 Å². The van der Waals surface area contributed by atoms with E-state index < -0.39 is 0 Å². The molecule has 1 fully saturated rings. The minimum atomic E-state index is -0.154. The zero-order chi connectivity index (χ0) is 21.5. The second-order valence-electron chi connectivity index (χ2n) is 8.25. The predicted octanol–water partition coefficient (Wildman–Crippen LogP) is 2.95. The molecule has 3 rings (SSSR count). The van der Waals surface area contributed by atoms with Gasteiger partial charge in [-0.25, -0.2) is 4.68 Å². The average molecular weight is 416 g/mol. The van der Waals surface area contributed by atoms with E-state index in [-0.39, 0.29) is 11.9 Å². The molecule has 1 aromatic carbocycles. The summed E-state index contributed by atoms with van der Waals surface area (Å²) in [5, 5.41) is 14.8. The molecule has 0 atom stereocenters. The number of benzene rings is 1. The maximum atomic E-state index is 12.2. The number of nitrogens with one attached hydrogen (secondary N) is 2. The molecular weight excluding hydrogens is 382 g/mol. The molecule has 164 valence electrons. The van der Waals surface area contributed by atoms with Gasteiger partial charge in [0.1, 0.15) is 11.5 Å². The van der Waals surface area contributed by atoms with Crippen molar-refractivity contribution in [2.24, 2.45) is 5.92 Å². The van der Waals surface area contributed by atoms with Crippen LogP contribution >= 0.6 is 0 Å². The molecule has 0 aliphatic heterocycles. The van der Waals surface area contributed by atoms with Crippen LogP contribution in [0, 0.1) is 5.92 Å². The number of carbonyl (C=O) groups excluding carboxylic acids is 1. The van der Waals surface area contributed by atoms with Crippen LogP contribution in [0.25, 0.3) is 0 Å². The molecule has 0 saturated heterocycles. The summed E-state index contributed by atoms with van der Waals surface area (Å²) in [5.74, 6) is 1.88. The minimum Gasteiger partial charge on any atom is -0.497 e. The van der Waals surface area contributed by atoms with Crippen molar-refractivity contribution in [1.82, 2.24) is 25.6 Å². The lowest BCUT2D eigenvalue weighted by Gasteiger charge is -2.29. The van der Waals surface area contributed by atoms with Crippen LogP contribution in [0.4, 0.5) is 0 Å². The summed E-state index contributed by atoms with van der Waals surface area (Å²) in [7, 11) is 3.33. The number of carbonyl (C=O) groups is 1. The van der Waals surface area contributed by atoms with Gasteiger partial charge in [0.25, 0.3) is 5.91 Å². The van der Waals surface area contributed by atoms with Gasteiger partial charge in [0, 0.05) is 30.8 Å². The van der Waals surface area contributed by atoms with Crippen molar-refractivity contribution in [2.45, 2.75) is 58.2 Å². The highest BCUT2D eigenvalue weighted by atomic mass is 16.5. The third kappa shape index (κ3) is 5.72. The van der Waals surface area contributed by atoms with Gasteiger partial charge in [-0.2, -0.15) is 0 Å². The van der Waals surface area contributed by atoms with Crippen molar-refractivity contribution in [1.29, 1.82) is 0 Å². The summed E-state index contributed by atoms with van der Waals surface area (Å²) in [6, 6.07) is 6.64. The molecule has 8 heteroatoms. The number of rotatable bonds is 9. The van der Waals surface area contributed by atoms with Crippen LogP contribution in [0.2, 0.25) is 0 Å². The molecule has 0 radical (unpaired) electrons. The molecule has 0 unspecified atom stereocenters. The summed E-state index contributed by atoms with van der Waals surface area (Å²) in [6.07, 6.45) is 5.90. The fourth-order valence-corrected chi connectivity index (χ4v) is 3.74. The molecule has 30 heavy (non-hydrogen) atoms. The van der Waals surface area contributed by atoms with Crippen molar-refractivity contribution in [3.05, 3.63) is 35.7 Å². The molecule has 1 saturated carbocycles. The number of methoxy groups -OCH3 is 2. The number of hydrogen-bond acceptors (Lipinski definition) is 6. The van der Waals surface area contributed by atoms with Gasteiger partial charge in [0.05, 0.1) is 26.5 Å². The van der Waals surface area contributed by atoms with E-state index in [1.165, 1.54) is 0 Å². The number of amides is 1. The third-order valence-electron chi connectivity index (χ3n) is 5.56. The van der Waals surface area contributed by atoms with Gasteiger partial charge in [-0.3, -0.25) is 4.79 Å². The maximum absolute atomic E-state index is 12.2. The van der Waals surface area contributed by atoms with E-state index in [1.54, 1.807) is 20.4 Å².